The van der Waals surface area contributed by atoms with Gasteiger partial charge in [-0.05, 0) is 40.5 Å². The third-order valence-electron chi connectivity index (χ3n) is 2.52. The molecule has 0 aliphatic heterocycles. The zero-order valence-corrected chi connectivity index (χ0v) is 12.9. The number of ether oxygens (including phenoxy) is 2. The van der Waals surface area contributed by atoms with Gasteiger partial charge >= 0.3 is 0 Å². The van der Waals surface area contributed by atoms with Crippen LogP contribution in [0.5, 0.6) is 11.5 Å². The number of rotatable bonds is 6. The quantitative estimate of drug-likeness (QED) is 0.869. The van der Waals surface area contributed by atoms with Crippen LogP contribution < -0.4 is 15.2 Å². The van der Waals surface area contributed by atoms with Crippen LogP contribution in [0.2, 0.25) is 0 Å². The minimum Gasteiger partial charge on any atom is -0.490 e. The first-order chi connectivity index (χ1) is 9.63. The summed E-state index contributed by atoms with van der Waals surface area (Å²) in [5.74, 6) is 2.24. The maximum atomic E-state index is 5.72. The Kier molecular flexibility index (Phi) is 4.97. The minimum atomic E-state index is 0.206. The maximum absolute atomic E-state index is 5.72. The average Bonchev–Trinajstić information content (AvgIpc) is 2.83. The molecular formula is C13H16BrN3O3. The molecule has 0 atom stereocenters. The molecule has 0 bridgehead atoms. The van der Waals surface area contributed by atoms with Crippen LogP contribution in [-0.2, 0) is 13.2 Å². The highest BCUT2D eigenvalue weighted by Crippen LogP contribution is 2.37. The molecule has 0 radical (unpaired) electrons. The number of aryl methyl sites for hydroxylation is 1. The molecule has 0 amide bonds. The molecule has 0 aliphatic rings. The van der Waals surface area contributed by atoms with E-state index in [-0.39, 0.29) is 6.61 Å². The third-order valence-corrected chi connectivity index (χ3v) is 3.11. The normalized spacial score (nSPS) is 10.6. The maximum Gasteiger partial charge on any atom is 0.223 e. The molecule has 108 valence electrons. The number of benzene rings is 1. The predicted molar refractivity (Wildman–Crippen MR) is 76.6 cm³/mol. The first-order valence-electron chi connectivity index (χ1n) is 6.21. The average molecular weight is 342 g/mol. The van der Waals surface area contributed by atoms with Crippen LogP contribution in [0.4, 0.5) is 0 Å². The number of aromatic nitrogens is 2. The van der Waals surface area contributed by atoms with E-state index in [9.17, 15) is 0 Å². The van der Waals surface area contributed by atoms with E-state index in [1.165, 1.54) is 0 Å². The summed E-state index contributed by atoms with van der Waals surface area (Å²) in [6.45, 7) is 4.82. The highest BCUT2D eigenvalue weighted by atomic mass is 79.9. The van der Waals surface area contributed by atoms with Crippen molar-refractivity contribution in [3.8, 4) is 11.5 Å². The van der Waals surface area contributed by atoms with Crippen LogP contribution in [0.15, 0.2) is 21.1 Å². The monoisotopic (exact) mass is 341 g/mol. The van der Waals surface area contributed by atoms with Crippen molar-refractivity contribution < 1.29 is 14.0 Å². The van der Waals surface area contributed by atoms with E-state index in [0.29, 0.717) is 36.4 Å². The van der Waals surface area contributed by atoms with Gasteiger partial charge in [-0.2, -0.15) is 4.98 Å². The van der Waals surface area contributed by atoms with E-state index in [2.05, 4.69) is 26.1 Å². The molecule has 1 aromatic heterocycles. The first-order valence-corrected chi connectivity index (χ1v) is 7.00. The van der Waals surface area contributed by atoms with E-state index >= 15 is 0 Å². The van der Waals surface area contributed by atoms with Gasteiger partial charge in [0.15, 0.2) is 18.1 Å². The smallest absolute Gasteiger partial charge is 0.223 e. The molecule has 2 rings (SSSR count). The number of hydrogen-bond acceptors (Lipinski definition) is 6. The predicted octanol–water partition coefficient (Wildman–Crippen LogP) is 2.58. The minimum absolute atomic E-state index is 0.206. The van der Waals surface area contributed by atoms with Crippen LogP contribution in [0.25, 0.3) is 0 Å². The Bertz CT molecular complexity index is 586. The van der Waals surface area contributed by atoms with Crippen molar-refractivity contribution in [3.63, 3.8) is 0 Å². The molecule has 2 N–H and O–H groups in total. The number of hydrogen-bond donors (Lipinski definition) is 1. The lowest BCUT2D eigenvalue weighted by Gasteiger charge is -2.14. The molecule has 6 nitrogen and oxygen atoms in total. The van der Waals surface area contributed by atoms with Gasteiger partial charge in [-0.3, -0.25) is 0 Å². The molecule has 7 heteroatoms. The molecule has 0 saturated carbocycles. The van der Waals surface area contributed by atoms with E-state index in [1.54, 1.807) is 6.92 Å². The van der Waals surface area contributed by atoms with Gasteiger partial charge in [-0.15, -0.1) is 0 Å². The van der Waals surface area contributed by atoms with Crippen LogP contribution in [-0.4, -0.2) is 16.7 Å². The second-order valence-electron chi connectivity index (χ2n) is 4.06. The van der Waals surface area contributed by atoms with Gasteiger partial charge in [0.25, 0.3) is 0 Å². The van der Waals surface area contributed by atoms with Crippen molar-refractivity contribution in [1.29, 1.82) is 0 Å². The molecule has 0 spiro atoms. The Morgan fingerprint density at radius 3 is 2.75 bits per heavy atom. The Hall–Kier alpha value is -1.60. The highest BCUT2D eigenvalue weighted by molar-refractivity contribution is 9.10. The van der Waals surface area contributed by atoms with Gasteiger partial charge in [-0.25, -0.2) is 0 Å². The summed E-state index contributed by atoms with van der Waals surface area (Å²) >= 11 is 3.46. The van der Waals surface area contributed by atoms with Crippen molar-refractivity contribution in [2.24, 2.45) is 5.73 Å². The number of halogens is 1. The Morgan fingerprint density at radius 1 is 1.35 bits per heavy atom. The lowest BCUT2D eigenvalue weighted by atomic mass is 10.2. The molecule has 1 aromatic carbocycles. The van der Waals surface area contributed by atoms with Crippen molar-refractivity contribution in [2.45, 2.75) is 27.0 Å². The molecular weight excluding hydrogens is 326 g/mol. The second-order valence-corrected chi connectivity index (χ2v) is 4.91. The molecule has 20 heavy (non-hydrogen) atoms. The third kappa shape index (κ3) is 3.49. The van der Waals surface area contributed by atoms with Gasteiger partial charge < -0.3 is 19.7 Å². The van der Waals surface area contributed by atoms with E-state index in [4.69, 9.17) is 19.7 Å². The van der Waals surface area contributed by atoms with Gasteiger partial charge in [0, 0.05) is 13.5 Å². The van der Waals surface area contributed by atoms with Crippen LogP contribution >= 0.6 is 15.9 Å². The van der Waals surface area contributed by atoms with Gasteiger partial charge in [-0.1, -0.05) is 5.16 Å². The molecule has 2 aromatic rings. The molecule has 0 aliphatic carbocycles. The summed E-state index contributed by atoms with van der Waals surface area (Å²) < 4.78 is 17.0. The standard InChI is InChI=1S/C13H16BrN3O3/c1-3-18-11-5-9(6-15)4-10(14)13(11)19-7-12-16-8(2)20-17-12/h4-5H,3,6-7,15H2,1-2H3. The highest BCUT2D eigenvalue weighted by Gasteiger charge is 2.13. The number of nitrogens with zero attached hydrogens (tertiary/aromatic N) is 2. The van der Waals surface area contributed by atoms with Gasteiger partial charge in [0.05, 0.1) is 11.1 Å². The largest absolute Gasteiger partial charge is 0.490 e. The van der Waals surface area contributed by atoms with Crippen molar-refractivity contribution in [3.05, 3.63) is 33.9 Å². The molecule has 0 unspecified atom stereocenters. The molecule has 0 saturated heterocycles. The van der Waals surface area contributed by atoms with E-state index < -0.39 is 0 Å². The fourth-order valence-corrected chi connectivity index (χ4v) is 2.28. The topological polar surface area (TPSA) is 83.4 Å². The summed E-state index contributed by atoms with van der Waals surface area (Å²) in [7, 11) is 0. The summed E-state index contributed by atoms with van der Waals surface area (Å²) in [6, 6.07) is 3.77. The summed E-state index contributed by atoms with van der Waals surface area (Å²) in [5, 5.41) is 3.78. The van der Waals surface area contributed by atoms with Crippen molar-refractivity contribution in [2.75, 3.05) is 6.61 Å². The fourth-order valence-electron chi connectivity index (χ4n) is 1.68. The molecule has 1 heterocycles. The van der Waals surface area contributed by atoms with Gasteiger partial charge in [0.1, 0.15) is 0 Å². The van der Waals surface area contributed by atoms with Crippen molar-refractivity contribution in [1.82, 2.24) is 10.1 Å². The summed E-state index contributed by atoms with van der Waals surface area (Å²) in [4.78, 5) is 4.09. The summed E-state index contributed by atoms with van der Waals surface area (Å²) in [6.07, 6.45) is 0. The van der Waals surface area contributed by atoms with Crippen LogP contribution in [0, 0.1) is 6.92 Å². The lowest BCUT2D eigenvalue weighted by Crippen LogP contribution is -2.04. The van der Waals surface area contributed by atoms with E-state index in [0.717, 1.165) is 10.0 Å². The van der Waals surface area contributed by atoms with Gasteiger partial charge in [0.2, 0.25) is 11.7 Å². The lowest BCUT2D eigenvalue weighted by molar-refractivity contribution is 0.256. The van der Waals surface area contributed by atoms with Crippen LogP contribution in [0.3, 0.4) is 0 Å². The molecule has 0 fully saturated rings. The number of nitrogens with two attached hydrogens (primary N) is 1. The van der Waals surface area contributed by atoms with Crippen LogP contribution in [0.1, 0.15) is 24.2 Å². The zero-order valence-electron chi connectivity index (χ0n) is 11.4. The first kappa shape index (κ1) is 14.8. The fraction of sp³-hybridized carbons (Fsp3) is 0.385. The SMILES string of the molecule is CCOc1cc(CN)cc(Br)c1OCc1noc(C)n1. The van der Waals surface area contributed by atoms with Crippen molar-refractivity contribution >= 4 is 15.9 Å². The Balaban J connectivity index is 2.20. The Morgan fingerprint density at radius 2 is 2.15 bits per heavy atom. The summed E-state index contributed by atoms with van der Waals surface area (Å²) in [5.41, 5.74) is 6.61. The zero-order chi connectivity index (χ0) is 14.5. The van der Waals surface area contributed by atoms with E-state index in [1.807, 2.05) is 19.1 Å². The Labute approximate surface area is 125 Å². The second kappa shape index (κ2) is 6.71.